The maximum absolute atomic E-state index is 12.6. The number of ether oxygens (including phenoxy) is 1. The summed E-state index contributed by atoms with van der Waals surface area (Å²) in [5.74, 6) is 0.486. The number of hydrogen-bond acceptors (Lipinski definition) is 5. The second-order valence-corrected chi connectivity index (χ2v) is 10.1. The van der Waals surface area contributed by atoms with E-state index in [1.165, 1.54) is 23.9 Å². The van der Waals surface area contributed by atoms with Crippen LogP contribution in [0.15, 0.2) is 47.5 Å². The predicted molar refractivity (Wildman–Crippen MR) is 118 cm³/mol. The van der Waals surface area contributed by atoms with Crippen molar-refractivity contribution in [1.29, 1.82) is 0 Å². The van der Waals surface area contributed by atoms with Crippen molar-refractivity contribution in [2.75, 3.05) is 18.0 Å². The van der Waals surface area contributed by atoms with Crippen LogP contribution in [0.1, 0.15) is 50.5 Å². The van der Waals surface area contributed by atoms with Gasteiger partial charge in [0.15, 0.2) is 0 Å². The molecule has 1 N–H and O–H groups in total. The second kappa shape index (κ2) is 9.35. The summed E-state index contributed by atoms with van der Waals surface area (Å²) in [7, 11) is -3.53. The highest BCUT2D eigenvalue weighted by molar-refractivity contribution is 7.89. The Kier molecular flexibility index (Phi) is 6.58. The summed E-state index contributed by atoms with van der Waals surface area (Å²) < 4.78 is 34.0. The molecule has 1 saturated heterocycles. The normalized spacial score (nSPS) is 19.0. The molecule has 0 atom stereocenters. The Morgan fingerprint density at radius 2 is 1.67 bits per heavy atom. The van der Waals surface area contributed by atoms with E-state index in [-0.39, 0.29) is 17.0 Å². The van der Waals surface area contributed by atoms with Gasteiger partial charge in [0, 0.05) is 43.7 Å². The molecule has 0 bridgehead atoms. The van der Waals surface area contributed by atoms with Crippen molar-refractivity contribution in [2.24, 2.45) is 0 Å². The van der Waals surface area contributed by atoms with Crippen molar-refractivity contribution < 1.29 is 13.2 Å². The van der Waals surface area contributed by atoms with Crippen LogP contribution >= 0.6 is 0 Å². The molecule has 7 heteroatoms. The van der Waals surface area contributed by atoms with Gasteiger partial charge in [0.05, 0.1) is 6.20 Å². The number of rotatable bonds is 6. The second-order valence-electron chi connectivity index (χ2n) is 8.43. The van der Waals surface area contributed by atoms with E-state index in [4.69, 9.17) is 4.74 Å². The van der Waals surface area contributed by atoms with Crippen molar-refractivity contribution >= 4 is 15.7 Å². The zero-order valence-corrected chi connectivity index (χ0v) is 18.4. The van der Waals surface area contributed by atoms with Crippen LogP contribution in [-0.4, -0.2) is 38.6 Å². The minimum atomic E-state index is -3.53. The van der Waals surface area contributed by atoms with E-state index in [2.05, 4.69) is 45.8 Å². The average Bonchev–Trinajstić information content (AvgIpc) is 2.76. The number of aromatic nitrogens is 1. The van der Waals surface area contributed by atoms with Gasteiger partial charge in [-0.05, 0) is 38.0 Å². The highest BCUT2D eigenvalue weighted by Crippen LogP contribution is 2.24. The molecule has 1 saturated carbocycles. The van der Waals surface area contributed by atoms with Crippen molar-refractivity contribution in [3.8, 4) is 5.88 Å². The Labute approximate surface area is 179 Å². The van der Waals surface area contributed by atoms with Crippen molar-refractivity contribution in [3.63, 3.8) is 0 Å². The van der Waals surface area contributed by atoms with Crippen molar-refractivity contribution in [2.45, 2.75) is 68.9 Å². The first-order valence-electron chi connectivity index (χ1n) is 11.0. The van der Waals surface area contributed by atoms with E-state index < -0.39 is 10.0 Å². The molecule has 0 unspecified atom stereocenters. The largest absolute Gasteiger partial charge is 0.474 e. The van der Waals surface area contributed by atoms with Crippen LogP contribution in [-0.2, 0) is 10.0 Å². The number of hydrogen-bond donors (Lipinski definition) is 1. The molecule has 1 aromatic heterocycles. The molecule has 0 radical (unpaired) electrons. The van der Waals surface area contributed by atoms with Gasteiger partial charge >= 0.3 is 0 Å². The lowest BCUT2D eigenvalue weighted by atomic mass is 9.96. The lowest BCUT2D eigenvalue weighted by molar-refractivity contribution is 0.164. The first-order chi connectivity index (χ1) is 14.5. The van der Waals surface area contributed by atoms with Crippen LogP contribution in [0.25, 0.3) is 0 Å². The van der Waals surface area contributed by atoms with E-state index >= 15 is 0 Å². The Morgan fingerprint density at radius 3 is 2.30 bits per heavy atom. The highest BCUT2D eigenvalue weighted by Gasteiger charge is 2.24. The van der Waals surface area contributed by atoms with Crippen LogP contribution in [0.5, 0.6) is 5.88 Å². The number of benzene rings is 1. The number of piperidine rings is 1. The maximum Gasteiger partial charge on any atom is 0.242 e. The third-order valence-electron chi connectivity index (χ3n) is 6.08. The standard InChI is InChI=1S/C23H31N3O3S/c1-18-7-9-20(10-8-18)26-15-13-21(14-16-26)29-23-12-11-22(17-24-23)30(27,28)25-19-5-3-2-4-6-19/h7-12,17,19,21,25H,2-6,13-16H2,1H3. The Morgan fingerprint density at radius 1 is 0.967 bits per heavy atom. The lowest BCUT2D eigenvalue weighted by Crippen LogP contribution is -2.38. The predicted octanol–water partition coefficient (Wildman–Crippen LogP) is 4.05. The molecule has 0 spiro atoms. The molecule has 2 aromatic rings. The lowest BCUT2D eigenvalue weighted by Gasteiger charge is -2.33. The summed E-state index contributed by atoms with van der Waals surface area (Å²) in [6.45, 7) is 3.97. The van der Waals surface area contributed by atoms with Gasteiger partial charge in [0.25, 0.3) is 0 Å². The van der Waals surface area contributed by atoms with Crippen LogP contribution < -0.4 is 14.4 Å². The third-order valence-corrected chi connectivity index (χ3v) is 7.58. The van der Waals surface area contributed by atoms with Crippen molar-refractivity contribution in [3.05, 3.63) is 48.2 Å². The number of sulfonamides is 1. The fourth-order valence-electron chi connectivity index (χ4n) is 4.26. The topological polar surface area (TPSA) is 71.5 Å². The van der Waals surface area contributed by atoms with Gasteiger partial charge in [-0.2, -0.15) is 0 Å². The first kappa shape index (κ1) is 21.1. The van der Waals surface area contributed by atoms with E-state index in [1.54, 1.807) is 12.1 Å². The maximum atomic E-state index is 12.6. The van der Waals surface area contributed by atoms with Crippen LogP contribution in [0, 0.1) is 6.92 Å². The number of nitrogens with one attached hydrogen (secondary N) is 1. The molecule has 1 aliphatic carbocycles. The smallest absolute Gasteiger partial charge is 0.242 e. The van der Waals surface area contributed by atoms with Gasteiger partial charge in [-0.3, -0.25) is 0 Å². The monoisotopic (exact) mass is 429 g/mol. The van der Waals surface area contributed by atoms with Gasteiger partial charge < -0.3 is 9.64 Å². The molecule has 162 valence electrons. The van der Waals surface area contributed by atoms with Gasteiger partial charge in [-0.25, -0.2) is 18.1 Å². The molecule has 2 heterocycles. The summed E-state index contributed by atoms with van der Waals surface area (Å²) in [5, 5.41) is 0. The summed E-state index contributed by atoms with van der Waals surface area (Å²) >= 11 is 0. The number of anilines is 1. The van der Waals surface area contributed by atoms with Gasteiger partial charge in [0.1, 0.15) is 11.0 Å². The average molecular weight is 430 g/mol. The Bertz CT molecular complexity index is 915. The molecule has 30 heavy (non-hydrogen) atoms. The van der Waals surface area contributed by atoms with Crippen LogP contribution in [0.3, 0.4) is 0 Å². The molecule has 0 amide bonds. The summed E-state index contributed by atoms with van der Waals surface area (Å²) in [5.41, 5.74) is 2.51. The summed E-state index contributed by atoms with van der Waals surface area (Å²) in [4.78, 5) is 6.84. The van der Waals surface area contributed by atoms with Crippen LogP contribution in [0.2, 0.25) is 0 Å². The molecule has 1 aromatic carbocycles. The molecule has 2 fully saturated rings. The molecule has 6 nitrogen and oxygen atoms in total. The van der Waals surface area contributed by atoms with Gasteiger partial charge in [-0.15, -0.1) is 0 Å². The number of aryl methyl sites for hydroxylation is 1. The summed E-state index contributed by atoms with van der Waals surface area (Å²) in [6, 6.07) is 11.9. The minimum absolute atomic E-state index is 0.0402. The number of pyridine rings is 1. The molecule has 1 aliphatic heterocycles. The first-order valence-corrected chi connectivity index (χ1v) is 12.4. The van der Waals surface area contributed by atoms with E-state index in [0.717, 1.165) is 51.6 Å². The number of nitrogens with zero attached hydrogens (tertiary/aromatic N) is 2. The molecular formula is C23H31N3O3S. The van der Waals surface area contributed by atoms with Crippen LogP contribution in [0.4, 0.5) is 5.69 Å². The van der Waals surface area contributed by atoms with E-state index in [0.29, 0.717) is 5.88 Å². The highest BCUT2D eigenvalue weighted by atomic mass is 32.2. The Hall–Kier alpha value is -2.12. The fraction of sp³-hybridized carbons (Fsp3) is 0.522. The third kappa shape index (κ3) is 5.32. The van der Waals surface area contributed by atoms with Gasteiger partial charge in [0.2, 0.25) is 15.9 Å². The van der Waals surface area contributed by atoms with E-state index in [9.17, 15) is 8.42 Å². The van der Waals surface area contributed by atoms with Crippen molar-refractivity contribution in [1.82, 2.24) is 9.71 Å². The zero-order chi connectivity index (χ0) is 21.0. The Balaban J connectivity index is 1.30. The molecular weight excluding hydrogens is 398 g/mol. The zero-order valence-electron chi connectivity index (χ0n) is 17.6. The quantitative estimate of drug-likeness (QED) is 0.750. The fourth-order valence-corrected chi connectivity index (χ4v) is 5.51. The summed E-state index contributed by atoms with van der Waals surface area (Å²) in [6.07, 6.45) is 8.52. The molecule has 2 aliphatic rings. The van der Waals surface area contributed by atoms with E-state index in [1.807, 2.05) is 0 Å². The SMILES string of the molecule is Cc1ccc(N2CCC(Oc3ccc(S(=O)(=O)NC4CCCCC4)cn3)CC2)cc1. The molecule has 4 rings (SSSR count). The minimum Gasteiger partial charge on any atom is -0.474 e. The van der Waals surface area contributed by atoms with Gasteiger partial charge in [-0.1, -0.05) is 37.0 Å².